The van der Waals surface area contributed by atoms with Gasteiger partial charge in [0.1, 0.15) is 10.8 Å². The van der Waals surface area contributed by atoms with Crippen LogP contribution >= 0.6 is 27.7 Å². The summed E-state index contributed by atoms with van der Waals surface area (Å²) >= 11 is 4.82. The summed E-state index contributed by atoms with van der Waals surface area (Å²) in [5, 5.41) is 4.01. The smallest absolute Gasteiger partial charge is 0.128 e. The summed E-state index contributed by atoms with van der Waals surface area (Å²) in [5.41, 5.74) is 0.694. The highest BCUT2D eigenvalue weighted by Crippen LogP contribution is 2.30. The number of benzene rings is 1. The maximum atomic E-state index is 13.9. The van der Waals surface area contributed by atoms with Crippen molar-refractivity contribution in [3.63, 3.8) is 0 Å². The number of rotatable bonds is 5. The van der Waals surface area contributed by atoms with E-state index in [1.807, 2.05) is 25.1 Å². The number of hydrogen-bond acceptors (Lipinski definition) is 3. The van der Waals surface area contributed by atoms with Gasteiger partial charge in [0, 0.05) is 27.7 Å². The monoisotopic (exact) mass is 340 g/mol. The van der Waals surface area contributed by atoms with E-state index in [4.69, 9.17) is 0 Å². The van der Waals surface area contributed by atoms with Crippen LogP contribution in [0.1, 0.15) is 12.5 Å². The lowest BCUT2D eigenvalue weighted by Gasteiger charge is -2.10. The minimum atomic E-state index is -0.178. The van der Waals surface area contributed by atoms with Crippen LogP contribution in [0.3, 0.4) is 0 Å². The fourth-order valence-corrected chi connectivity index (χ4v) is 2.73. The van der Waals surface area contributed by atoms with Gasteiger partial charge in [-0.2, -0.15) is 0 Å². The van der Waals surface area contributed by atoms with Crippen molar-refractivity contribution in [3.05, 3.63) is 52.4 Å². The molecule has 0 spiro atoms. The van der Waals surface area contributed by atoms with E-state index >= 15 is 0 Å². The van der Waals surface area contributed by atoms with E-state index < -0.39 is 0 Å². The van der Waals surface area contributed by atoms with Crippen molar-refractivity contribution in [2.45, 2.75) is 23.4 Å². The number of nitrogens with one attached hydrogen (secondary N) is 1. The predicted octanol–water partition coefficient (Wildman–Crippen LogP) is 4.24. The van der Waals surface area contributed by atoms with Crippen molar-refractivity contribution in [1.82, 2.24) is 10.3 Å². The molecule has 1 N–H and O–H groups in total. The highest BCUT2D eigenvalue weighted by Gasteiger charge is 2.09. The number of aromatic nitrogens is 1. The molecule has 100 valence electrons. The molecule has 1 aromatic carbocycles. The van der Waals surface area contributed by atoms with Crippen molar-refractivity contribution in [2.75, 3.05) is 6.54 Å². The lowest BCUT2D eigenvalue weighted by atomic mass is 10.2. The summed E-state index contributed by atoms with van der Waals surface area (Å²) in [6, 6.07) is 8.98. The van der Waals surface area contributed by atoms with Crippen molar-refractivity contribution in [1.29, 1.82) is 0 Å². The first kappa shape index (κ1) is 14.5. The van der Waals surface area contributed by atoms with E-state index in [1.54, 1.807) is 12.3 Å². The average molecular weight is 341 g/mol. The minimum Gasteiger partial charge on any atom is -0.313 e. The summed E-state index contributed by atoms with van der Waals surface area (Å²) in [6.07, 6.45) is 1.74. The van der Waals surface area contributed by atoms with Crippen LogP contribution in [0.25, 0.3) is 0 Å². The highest BCUT2D eigenvalue weighted by molar-refractivity contribution is 9.10. The molecule has 0 atom stereocenters. The van der Waals surface area contributed by atoms with Crippen molar-refractivity contribution in [3.8, 4) is 0 Å². The van der Waals surface area contributed by atoms with Gasteiger partial charge in [0.05, 0.1) is 0 Å². The fourth-order valence-electron chi connectivity index (χ4n) is 1.59. The van der Waals surface area contributed by atoms with Crippen LogP contribution in [0.5, 0.6) is 0 Å². The Morgan fingerprint density at radius 2 is 2.16 bits per heavy atom. The highest BCUT2D eigenvalue weighted by atomic mass is 79.9. The van der Waals surface area contributed by atoms with Crippen LogP contribution in [-0.2, 0) is 6.54 Å². The molecule has 0 amide bonds. The lowest BCUT2D eigenvalue weighted by Crippen LogP contribution is -2.13. The van der Waals surface area contributed by atoms with Gasteiger partial charge in [0.25, 0.3) is 0 Å². The molecule has 5 heteroatoms. The zero-order chi connectivity index (χ0) is 13.7. The predicted molar refractivity (Wildman–Crippen MR) is 79.8 cm³/mol. The molecule has 0 aliphatic rings. The van der Waals surface area contributed by atoms with Gasteiger partial charge in [-0.3, -0.25) is 0 Å². The van der Waals surface area contributed by atoms with Crippen LogP contribution < -0.4 is 5.32 Å². The molecule has 0 fully saturated rings. The Labute approximate surface area is 125 Å². The second kappa shape index (κ2) is 7.03. The maximum absolute atomic E-state index is 13.9. The van der Waals surface area contributed by atoms with E-state index in [2.05, 4.69) is 26.2 Å². The first-order chi connectivity index (χ1) is 9.20. The molecule has 2 rings (SSSR count). The van der Waals surface area contributed by atoms with E-state index in [1.165, 1.54) is 17.8 Å². The Balaban J connectivity index is 2.23. The molecule has 1 heterocycles. The molecular formula is C14H14BrFN2S. The SMILES string of the molecule is CCNCc1c(F)cccc1Sc1ccc(Br)cn1. The molecule has 0 saturated carbocycles. The first-order valence-electron chi connectivity index (χ1n) is 5.98. The van der Waals surface area contributed by atoms with Gasteiger partial charge in [0.15, 0.2) is 0 Å². The molecular weight excluding hydrogens is 327 g/mol. The topological polar surface area (TPSA) is 24.9 Å². The fraction of sp³-hybridized carbons (Fsp3) is 0.214. The molecule has 0 unspecified atom stereocenters. The number of hydrogen-bond donors (Lipinski definition) is 1. The third kappa shape index (κ3) is 4.03. The minimum absolute atomic E-state index is 0.178. The molecule has 0 saturated heterocycles. The van der Waals surface area contributed by atoms with Crippen LogP contribution in [0, 0.1) is 5.82 Å². The molecule has 0 aliphatic carbocycles. The standard InChI is InChI=1S/C14H14BrFN2S/c1-2-17-9-11-12(16)4-3-5-13(11)19-14-7-6-10(15)8-18-14/h3-8,17H,2,9H2,1H3. The molecule has 0 radical (unpaired) electrons. The second-order valence-corrected chi connectivity index (χ2v) is 5.89. The Morgan fingerprint density at radius 1 is 1.32 bits per heavy atom. The van der Waals surface area contributed by atoms with E-state index in [-0.39, 0.29) is 5.82 Å². The zero-order valence-corrected chi connectivity index (χ0v) is 12.9. The summed E-state index contributed by atoms with van der Waals surface area (Å²) < 4.78 is 14.8. The van der Waals surface area contributed by atoms with Gasteiger partial charge in [-0.05, 0) is 46.7 Å². The number of halogens is 2. The van der Waals surface area contributed by atoms with Gasteiger partial charge in [-0.15, -0.1) is 0 Å². The quantitative estimate of drug-likeness (QED) is 0.880. The van der Waals surface area contributed by atoms with Crippen LogP contribution in [0.4, 0.5) is 4.39 Å². The van der Waals surface area contributed by atoms with Gasteiger partial charge in [-0.1, -0.05) is 24.8 Å². The van der Waals surface area contributed by atoms with Crippen LogP contribution in [0.15, 0.2) is 50.9 Å². The van der Waals surface area contributed by atoms with Crippen molar-refractivity contribution in [2.24, 2.45) is 0 Å². The molecule has 0 bridgehead atoms. The maximum Gasteiger partial charge on any atom is 0.128 e. The van der Waals surface area contributed by atoms with E-state index in [9.17, 15) is 4.39 Å². The summed E-state index contributed by atoms with van der Waals surface area (Å²) in [4.78, 5) is 5.20. The first-order valence-corrected chi connectivity index (χ1v) is 7.59. The molecule has 2 aromatic rings. The van der Waals surface area contributed by atoms with Crippen LogP contribution in [-0.4, -0.2) is 11.5 Å². The van der Waals surface area contributed by atoms with E-state index in [0.717, 1.165) is 20.9 Å². The largest absolute Gasteiger partial charge is 0.313 e. The van der Waals surface area contributed by atoms with Crippen molar-refractivity contribution >= 4 is 27.7 Å². The van der Waals surface area contributed by atoms with Gasteiger partial charge in [-0.25, -0.2) is 9.37 Å². The number of pyridine rings is 1. The normalized spacial score (nSPS) is 10.7. The Morgan fingerprint density at radius 3 is 2.84 bits per heavy atom. The Kier molecular flexibility index (Phi) is 5.36. The number of nitrogens with zero attached hydrogens (tertiary/aromatic N) is 1. The third-order valence-corrected chi connectivity index (χ3v) is 4.06. The summed E-state index contributed by atoms with van der Waals surface area (Å²) in [6.45, 7) is 3.35. The molecule has 2 nitrogen and oxygen atoms in total. The summed E-state index contributed by atoms with van der Waals surface area (Å²) in [5.74, 6) is -0.178. The second-order valence-electron chi connectivity index (χ2n) is 3.91. The molecule has 1 aromatic heterocycles. The third-order valence-electron chi connectivity index (χ3n) is 2.54. The van der Waals surface area contributed by atoms with Crippen molar-refractivity contribution < 1.29 is 4.39 Å². The summed E-state index contributed by atoms with van der Waals surface area (Å²) in [7, 11) is 0. The van der Waals surface area contributed by atoms with Gasteiger partial charge < -0.3 is 5.32 Å². The lowest BCUT2D eigenvalue weighted by molar-refractivity contribution is 0.585. The van der Waals surface area contributed by atoms with E-state index in [0.29, 0.717) is 12.1 Å². The molecule has 19 heavy (non-hydrogen) atoms. The van der Waals surface area contributed by atoms with Gasteiger partial charge >= 0.3 is 0 Å². The molecule has 0 aliphatic heterocycles. The Hall–Kier alpha value is -0.910. The average Bonchev–Trinajstić information content (AvgIpc) is 2.41. The zero-order valence-electron chi connectivity index (χ0n) is 10.5. The Bertz CT molecular complexity index is 546. The van der Waals surface area contributed by atoms with Gasteiger partial charge in [0.2, 0.25) is 0 Å². The van der Waals surface area contributed by atoms with Crippen LogP contribution in [0.2, 0.25) is 0 Å².